The van der Waals surface area contributed by atoms with Crippen molar-refractivity contribution in [3.63, 3.8) is 0 Å². The second kappa shape index (κ2) is 6.60. The Balaban J connectivity index is 2.21. The Morgan fingerprint density at radius 2 is 2.10 bits per heavy atom. The molecule has 0 fully saturated rings. The molecule has 0 aliphatic heterocycles. The van der Waals surface area contributed by atoms with Crippen molar-refractivity contribution in [3.8, 4) is 11.5 Å². The van der Waals surface area contributed by atoms with E-state index in [-0.39, 0.29) is 18.3 Å². The fraction of sp³-hybridized carbons (Fsp3) is 0.133. The van der Waals surface area contributed by atoms with Crippen LogP contribution in [-0.4, -0.2) is 18.2 Å². The summed E-state index contributed by atoms with van der Waals surface area (Å²) in [6.45, 7) is 0.166. The summed E-state index contributed by atoms with van der Waals surface area (Å²) in [7, 11) is 1.53. The lowest BCUT2D eigenvalue weighted by Crippen LogP contribution is -2.13. The molecule has 0 bridgehead atoms. The number of halogens is 1. The standard InChI is InChI=1S/C15H15FN2O3/c1-20-14-6-5-10(15(17)18-19)7-11(14)9-21-13-4-2-3-12(16)8-13/h2-8,19H,9H2,1H3,(H2,17,18). The minimum atomic E-state index is -0.370. The van der Waals surface area contributed by atoms with Crippen molar-refractivity contribution in [1.82, 2.24) is 0 Å². The normalized spacial score (nSPS) is 11.2. The van der Waals surface area contributed by atoms with Crippen LogP contribution in [0.1, 0.15) is 11.1 Å². The molecule has 0 aliphatic carbocycles. The third-order valence-corrected chi connectivity index (χ3v) is 2.87. The van der Waals surface area contributed by atoms with E-state index in [0.29, 0.717) is 22.6 Å². The molecule has 5 nitrogen and oxygen atoms in total. The average Bonchev–Trinajstić information content (AvgIpc) is 2.52. The van der Waals surface area contributed by atoms with Gasteiger partial charge in [-0.2, -0.15) is 0 Å². The van der Waals surface area contributed by atoms with Crippen LogP contribution >= 0.6 is 0 Å². The first-order valence-corrected chi connectivity index (χ1v) is 6.17. The largest absolute Gasteiger partial charge is 0.496 e. The van der Waals surface area contributed by atoms with Crippen molar-refractivity contribution in [2.75, 3.05) is 7.11 Å². The predicted molar refractivity (Wildman–Crippen MR) is 76.2 cm³/mol. The van der Waals surface area contributed by atoms with E-state index in [4.69, 9.17) is 20.4 Å². The summed E-state index contributed by atoms with van der Waals surface area (Å²) >= 11 is 0. The van der Waals surface area contributed by atoms with Crippen LogP contribution in [0.5, 0.6) is 11.5 Å². The molecular weight excluding hydrogens is 275 g/mol. The van der Waals surface area contributed by atoms with Crippen LogP contribution in [0.15, 0.2) is 47.6 Å². The number of benzene rings is 2. The van der Waals surface area contributed by atoms with Gasteiger partial charge >= 0.3 is 0 Å². The molecule has 0 saturated carbocycles. The Labute approximate surface area is 121 Å². The summed E-state index contributed by atoms with van der Waals surface area (Å²) in [4.78, 5) is 0. The number of rotatable bonds is 5. The molecule has 21 heavy (non-hydrogen) atoms. The molecule has 3 N–H and O–H groups in total. The molecule has 0 aliphatic rings. The van der Waals surface area contributed by atoms with Crippen LogP contribution in [0, 0.1) is 5.82 Å². The Morgan fingerprint density at radius 3 is 2.76 bits per heavy atom. The molecule has 0 saturated heterocycles. The number of methoxy groups -OCH3 is 1. The highest BCUT2D eigenvalue weighted by atomic mass is 19.1. The molecule has 2 aromatic carbocycles. The smallest absolute Gasteiger partial charge is 0.170 e. The van der Waals surface area contributed by atoms with Gasteiger partial charge in [-0.05, 0) is 30.3 Å². The lowest BCUT2D eigenvalue weighted by Gasteiger charge is -2.12. The number of hydrogen-bond acceptors (Lipinski definition) is 4. The van der Waals surface area contributed by atoms with Gasteiger partial charge in [0.05, 0.1) is 7.11 Å². The molecule has 0 amide bonds. The highest BCUT2D eigenvalue weighted by Gasteiger charge is 2.08. The van der Waals surface area contributed by atoms with Gasteiger partial charge in [0.1, 0.15) is 23.9 Å². The van der Waals surface area contributed by atoms with Gasteiger partial charge < -0.3 is 20.4 Å². The molecule has 0 atom stereocenters. The molecular formula is C15H15FN2O3. The fourth-order valence-corrected chi connectivity index (χ4v) is 1.83. The number of nitrogens with zero attached hydrogens (tertiary/aromatic N) is 1. The topological polar surface area (TPSA) is 77.1 Å². The van der Waals surface area contributed by atoms with Crippen molar-refractivity contribution >= 4 is 5.84 Å². The predicted octanol–water partition coefficient (Wildman–Crippen LogP) is 2.51. The van der Waals surface area contributed by atoms with Crippen LogP contribution in [-0.2, 0) is 6.61 Å². The second-order valence-electron chi connectivity index (χ2n) is 4.26. The molecule has 6 heteroatoms. The van der Waals surface area contributed by atoms with Crippen LogP contribution in [0.25, 0.3) is 0 Å². The Bertz CT molecular complexity index is 659. The first kappa shape index (κ1) is 14.6. The van der Waals surface area contributed by atoms with Gasteiger partial charge in [-0.15, -0.1) is 0 Å². The first-order chi connectivity index (χ1) is 10.1. The lowest BCUT2D eigenvalue weighted by molar-refractivity contribution is 0.295. The minimum Gasteiger partial charge on any atom is -0.496 e. The zero-order valence-electron chi connectivity index (χ0n) is 11.4. The summed E-state index contributed by atoms with van der Waals surface area (Å²) in [5.41, 5.74) is 6.79. The quantitative estimate of drug-likeness (QED) is 0.384. The summed E-state index contributed by atoms with van der Waals surface area (Å²) in [5, 5.41) is 11.7. The Kier molecular flexibility index (Phi) is 4.61. The maximum atomic E-state index is 13.1. The fourth-order valence-electron chi connectivity index (χ4n) is 1.83. The molecule has 110 valence electrons. The summed E-state index contributed by atoms with van der Waals surface area (Å²) in [5.74, 6) is 0.627. The molecule has 2 rings (SSSR count). The zero-order chi connectivity index (χ0) is 15.2. The van der Waals surface area contributed by atoms with E-state index in [0.717, 1.165) is 0 Å². The number of hydrogen-bond donors (Lipinski definition) is 2. The van der Waals surface area contributed by atoms with Crippen LogP contribution in [0.4, 0.5) is 4.39 Å². The number of amidine groups is 1. The average molecular weight is 290 g/mol. The van der Waals surface area contributed by atoms with Crippen LogP contribution in [0.2, 0.25) is 0 Å². The van der Waals surface area contributed by atoms with Gasteiger partial charge in [0.15, 0.2) is 5.84 Å². The molecule has 0 spiro atoms. The maximum Gasteiger partial charge on any atom is 0.170 e. The second-order valence-corrected chi connectivity index (χ2v) is 4.26. The van der Waals surface area contributed by atoms with Gasteiger partial charge in [-0.25, -0.2) is 4.39 Å². The van der Waals surface area contributed by atoms with E-state index in [1.807, 2.05) is 0 Å². The van der Waals surface area contributed by atoms with Gasteiger partial charge in [0, 0.05) is 17.2 Å². The van der Waals surface area contributed by atoms with Crippen molar-refractivity contribution < 1.29 is 19.1 Å². The van der Waals surface area contributed by atoms with Crippen molar-refractivity contribution in [2.45, 2.75) is 6.61 Å². The van der Waals surface area contributed by atoms with E-state index in [2.05, 4.69) is 5.16 Å². The van der Waals surface area contributed by atoms with Gasteiger partial charge in [-0.1, -0.05) is 11.2 Å². The van der Waals surface area contributed by atoms with E-state index >= 15 is 0 Å². The molecule has 0 heterocycles. The third kappa shape index (κ3) is 3.62. The number of oxime groups is 1. The monoisotopic (exact) mass is 290 g/mol. The zero-order valence-corrected chi connectivity index (χ0v) is 11.4. The van der Waals surface area contributed by atoms with Crippen LogP contribution in [0.3, 0.4) is 0 Å². The van der Waals surface area contributed by atoms with Crippen LogP contribution < -0.4 is 15.2 Å². The molecule has 0 unspecified atom stereocenters. The van der Waals surface area contributed by atoms with Crippen molar-refractivity contribution in [3.05, 3.63) is 59.4 Å². The summed E-state index contributed by atoms with van der Waals surface area (Å²) in [6, 6.07) is 10.9. The molecule has 0 aromatic heterocycles. The number of ether oxygens (including phenoxy) is 2. The maximum absolute atomic E-state index is 13.1. The summed E-state index contributed by atoms with van der Waals surface area (Å²) < 4.78 is 23.8. The highest BCUT2D eigenvalue weighted by molar-refractivity contribution is 5.97. The van der Waals surface area contributed by atoms with E-state index in [1.54, 1.807) is 30.3 Å². The van der Waals surface area contributed by atoms with Gasteiger partial charge in [0.2, 0.25) is 0 Å². The summed E-state index contributed by atoms with van der Waals surface area (Å²) in [6.07, 6.45) is 0. The third-order valence-electron chi connectivity index (χ3n) is 2.87. The van der Waals surface area contributed by atoms with E-state index in [9.17, 15) is 4.39 Å². The minimum absolute atomic E-state index is 0.00958. The first-order valence-electron chi connectivity index (χ1n) is 6.17. The highest BCUT2D eigenvalue weighted by Crippen LogP contribution is 2.22. The van der Waals surface area contributed by atoms with Crippen molar-refractivity contribution in [1.29, 1.82) is 0 Å². The number of nitrogens with two attached hydrogens (primary N) is 1. The van der Waals surface area contributed by atoms with Gasteiger partial charge in [-0.3, -0.25) is 0 Å². The lowest BCUT2D eigenvalue weighted by atomic mass is 10.1. The Morgan fingerprint density at radius 1 is 1.29 bits per heavy atom. The van der Waals surface area contributed by atoms with Gasteiger partial charge in [0.25, 0.3) is 0 Å². The molecule has 2 aromatic rings. The molecule has 0 radical (unpaired) electrons. The van der Waals surface area contributed by atoms with E-state index in [1.165, 1.54) is 19.2 Å². The van der Waals surface area contributed by atoms with E-state index < -0.39 is 0 Å². The van der Waals surface area contributed by atoms with Crippen molar-refractivity contribution in [2.24, 2.45) is 10.9 Å². The Hall–Kier alpha value is -2.76. The SMILES string of the molecule is COc1ccc(/C(N)=N/O)cc1COc1cccc(F)c1.